The summed E-state index contributed by atoms with van der Waals surface area (Å²) in [5, 5.41) is 20.6. The smallest absolute Gasteiger partial charge is 0.335 e. The fraction of sp³-hybridized carbons (Fsp3) is 0.312. The fourth-order valence-corrected chi connectivity index (χ4v) is 2.14. The number of amides is 1. The molecule has 0 saturated carbocycles. The molecule has 1 atom stereocenters. The zero-order chi connectivity index (χ0) is 15.9. The van der Waals surface area contributed by atoms with Gasteiger partial charge in [-0.1, -0.05) is 12.1 Å². The Labute approximate surface area is 128 Å². The first-order chi connectivity index (χ1) is 10.6. The lowest BCUT2D eigenvalue weighted by atomic mass is 10.1. The molecule has 1 amide bonds. The summed E-state index contributed by atoms with van der Waals surface area (Å²) in [6.45, 7) is 1.09. The normalized spacial score (nSPS) is 17.8. The molecule has 1 heterocycles. The van der Waals surface area contributed by atoms with Gasteiger partial charge in [0.1, 0.15) is 11.6 Å². The van der Waals surface area contributed by atoms with E-state index in [2.05, 4.69) is 5.32 Å². The molecule has 1 aromatic carbocycles. The van der Waals surface area contributed by atoms with Gasteiger partial charge in [-0.25, -0.2) is 4.79 Å². The van der Waals surface area contributed by atoms with E-state index in [0.29, 0.717) is 18.7 Å². The first-order valence-corrected chi connectivity index (χ1v) is 6.95. The van der Waals surface area contributed by atoms with Crippen LogP contribution < -0.4 is 5.32 Å². The molecule has 22 heavy (non-hydrogen) atoms. The number of carboxylic acid groups (broad SMARTS) is 1. The molecule has 2 N–H and O–H groups in total. The van der Waals surface area contributed by atoms with Crippen LogP contribution in [0.3, 0.4) is 0 Å². The summed E-state index contributed by atoms with van der Waals surface area (Å²) in [4.78, 5) is 22.7. The van der Waals surface area contributed by atoms with Crippen LogP contribution in [0.4, 0.5) is 0 Å². The number of nitriles is 1. The summed E-state index contributed by atoms with van der Waals surface area (Å²) >= 11 is 0. The first kappa shape index (κ1) is 15.7. The van der Waals surface area contributed by atoms with Crippen molar-refractivity contribution in [1.82, 2.24) is 5.32 Å². The van der Waals surface area contributed by atoms with E-state index in [1.165, 1.54) is 18.2 Å². The van der Waals surface area contributed by atoms with Crippen LogP contribution in [0.5, 0.6) is 0 Å². The van der Waals surface area contributed by atoms with Crippen molar-refractivity contribution in [2.75, 3.05) is 13.2 Å². The Morgan fingerprint density at radius 2 is 2.14 bits per heavy atom. The van der Waals surface area contributed by atoms with E-state index in [9.17, 15) is 9.59 Å². The Balaban J connectivity index is 2.01. The number of carbonyl (C=O) groups excluding carboxylic acids is 1. The molecule has 0 radical (unpaired) electrons. The molecule has 0 aliphatic carbocycles. The molecule has 6 nitrogen and oxygen atoms in total. The van der Waals surface area contributed by atoms with Crippen molar-refractivity contribution >= 4 is 18.0 Å². The maximum Gasteiger partial charge on any atom is 0.335 e. The number of hydrogen-bond donors (Lipinski definition) is 2. The average Bonchev–Trinajstić information content (AvgIpc) is 3.04. The van der Waals surface area contributed by atoms with Gasteiger partial charge in [0.15, 0.2) is 0 Å². The summed E-state index contributed by atoms with van der Waals surface area (Å²) in [7, 11) is 0. The molecule has 2 rings (SSSR count). The van der Waals surface area contributed by atoms with Crippen molar-refractivity contribution in [2.24, 2.45) is 0 Å². The Kier molecular flexibility index (Phi) is 5.28. The summed E-state index contributed by atoms with van der Waals surface area (Å²) in [6, 6.07) is 7.80. The van der Waals surface area contributed by atoms with Crippen molar-refractivity contribution in [1.29, 1.82) is 5.26 Å². The van der Waals surface area contributed by atoms with E-state index >= 15 is 0 Å². The Morgan fingerprint density at radius 1 is 1.41 bits per heavy atom. The van der Waals surface area contributed by atoms with Gasteiger partial charge in [0.2, 0.25) is 0 Å². The number of aromatic carboxylic acids is 1. The van der Waals surface area contributed by atoms with E-state index in [4.69, 9.17) is 15.1 Å². The molecule has 114 valence electrons. The van der Waals surface area contributed by atoms with Crippen molar-refractivity contribution in [3.8, 4) is 6.07 Å². The van der Waals surface area contributed by atoms with Gasteiger partial charge in [-0.05, 0) is 36.6 Å². The minimum Gasteiger partial charge on any atom is -0.478 e. The number of carbonyl (C=O) groups is 2. The van der Waals surface area contributed by atoms with Crippen LogP contribution in [0, 0.1) is 11.3 Å². The molecule has 1 aliphatic rings. The SMILES string of the molecule is N#C/C(=C\c1ccc(C(=O)O)cc1)C(=O)NC[C@H]1CCCO1. The van der Waals surface area contributed by atoms with E-state index in [1.54, 1.807) is 12.1 Å². The third-order valence-electron chi connectivity index (χ3n) is 3.35. The standard InChI is InChI=1S/C16H16N2O4/c17-9-13(15(19)18-10-14-2-1-7-22-14)8-11-3-5-12(6-4-11)16(20)21/h3-6,8,14H,1-2,7,10H2,(H,18,19)(H,20,21)/b13-8+/t14-/m1/s1. The average molecular weight is 300 g/mol. The van der Waals surface area contributed by atoms with Gasteiger partial charge in [-0.15, -0.1) is 0 Å². The lowest BCUT2D eigenvalue weighted by molar-refractivity contribution is -0.117. The van der Waals surface area contributed by atoms with E-state index in [1.807, 2.05) is 6.07 Å². The van der Waals surface area contributed by atoms with Crippen LogP contribution in [0.25, 0.3) is 6.08 Å². The molecule has 0 aromatic heterocycles. The van der Waals surface area contributed by atoms with E-state index in [0.717, 1.165) is 12.8 Å². The summed E-state index contributed by atoms with van der Waals surface area (Å²) in [5.41, 5.74) is 0.716. The lowest BCUT2D eigenvalue weighted by Crippen LogP contribution is -2.32. The number of ether oxygens (including phenoxy) is 1. The predicted octanol–water partition coefficient (Wildman–Crippen LogP) is 1.59. The maximum absolute atomic E-state index is 12.0. The van der Waals surface area contributed by atoms with Crippen LogP contribution in [0.1, 0.15) is 28.8 Å². The molecule has 0 spiro atoms. The van der Waals surface area contributed by atoms with E-state index < -0.39 is 11.9 Å². The lowest BCUT2D eigenvalue weighted by Gasteiger charge is -2.10. The molecular formula is C16H16N2O4. The fourth-order valence-electron chi connectivity index (χ4n) is 2.14. The van der Waals surface area contributed by atoms with Gasteiger partial charge in [-0.3, -0.25) is 4.79 Å². The zero-order valence-corrected chi connectivity index (χ0v) is 11.9. The van der Waals surface area contributed by atoms with Gasteiger partial charge < -0.3 is 15.2 Å². The van der Waals surface area contributed by atoms with Crippen molar-refractivity contribution in [2.45, 2.75) is 18.9 Å². The highest BCUT2D eigenvalue weighted by Crippen LogP contribution is 2.12. The molecule has 1 fully saturated rings. The number of nitrogens with one attached hydrogen (secondary N) is 1. The Hall–Kier alpha value is -2.65. The number of rotatable bonds is 5. The first-order valence-electron chi connectivity index (χ1n) is 6.95. The van der Waals surface area contributed by atoms with Crippen LogP contribution >= 0.6 is 0 Å². The van der Waals surface area contributed by atoms with Gasteiger partial charge in [0.25, 0.3) is 5.91 Å². The largest absolute Gasteiger partial charge is 0.478 e. The number of benzene rings is 1. The number of nitrogens with zero attached hydrogens (tertiary/aromatic N) is 1. The minimum absolute atomic E-state index is 0.0127. The third-order valence-corrected chi connectivity index (χ3v) is 3.35. The molecule has 1 aliphatic heterocycles. The Bertz CT molecular complexity index is 623. The molecule has 0 bridgehead atoms. The number of carboxylic acids is 1. The summed E-state index contributed by atoms with van der Waals surface area (Å²) in [5.74, 6) is -1.48. The third kappa shape index (κ3) is 4.17. The van der Waals surface area contributed by atoms with Crippen LogP contribution in [-0.4, -0.2) is 36.2 Å². The zero-order valence-electron chi connectivity index (χ0n) is 11.9. The maximum atomic E-state index is 12.0. The second-order valence-corrected chi connectivity index (χ2v) is 4.94. The molecular weight excluding hydrogens is 284 g/mol. The van der Waals surface area contributed by atoms with Gasteiger partial charge in [0, 0.05) is 13.2 Å². The van der Waals surface area contributed by atoms with Gasteiger partial charge >= 0.3 is 5.97 Å². The minimum atomic E-state index is -1.02. The quantitative estimate of drug-likeness (QED) is 0.635. The summed E-state index contributed by atoms with van der Waals surface area (Å²) < 4.78 is 5.40. The Morgan fingerprint density at radius 3 is 2.68 bits per heavy atom. The number of hydrogen-bond acceptors (Lipinski definition) is 4. The van der Waals surface area contributed by atoms with Gasteiger partial charge in [0.05, 0.1) is 11.7 Å². The van der Waals surface area contributed by atoms with Crippen LogP contribution in [0.2, 0.25) is 0 Å². The molecule has 0 unspecified atom stereocenters. The van der Waals surface area contributed by atoms with Crippen LogP contribution in [0.15, 0.2) is 29.8 Å². The van der Waals surface area contributed by atoms with Crippen molar-refractivity contribution in [3.05, 3.63) is 41.0 Å². The monoisotopic (exact) mass is 300 g/mol. The highest BCUT2D eigenvalue weighted by molar-refractivity contribution is 6.01. The van der Waals surface area contributed by atoms with Crippen LogP contribution in [-0.2, 0) is 9.53 Å². The molecule has 1 aromatic rings. The van der Waals surface area contributed by atoms with E-state index in [-0.39, 0.29) is 17.2 Å². The topological polar surface area (TPSA) is 99.4 Å². The predicted molar refractivity (Wildman–Crippen MR) is 79.0 cm³/mol. The highest BCUT2D eigenvalue weighted by Gasteiger charge is 2.17. The van der Waals surface area contributed by atoms with Gasteiger partial charge in [-0.2, -0.15) is 5.26 Å². The highest BCUT2D eigenvalue weighted by atomic mass is 16.5. The van der Waals surface area contributed by atoms with Crippen molar-refractivity contribution < 1.29 is 19.4 Å². The van der Waals surface area contributed by atoms with Crippen molar-refractivity contribution in [3.63, 3.8) is 0 Å². The molecule has 1 saturated heterocycles. The second-order valence-electron chi connectivity index (χ2n) is 4.94. The summed E-state index contributed by atoms with van der Waals surface area (Å²) in [6.07, 6.45) is 3.33. The molecule has 6 heteroatoms. The second kappa shape index (κ2) is 7.38.